The third-order valence-corrected chi connectivity index (χ3v) is 2.49. The molecule has 0 amide bonds. The first-order valence-corrected chi connectivity index (χ1v) is 5.77. The Labute approximate surface area is 92.3 Å². The number of thiol groups is 1. The van der Waals surface area contributed by atoms with E-state index in [1.165, 1.54) is 11.1 Å². The summed E-state index contributed by atoms with van der Waals surface area (Å²) in [5.41, 5.74) is 2.75. The topological polar surface area (TPSA) is 12.0 Å². The van der Waals surface area contributed by atoms with Crippen molar-refractivity contribution < 1.29 is 0 Å². The van der Waals surface area contributed by atoms with Gasteiger partial charge in [0.05, 0.1) is 0 Å². The highest BCUT2D eigenvalue weighted by Gasteiger charge is 1.98. The normalized spacial score (nSPS) is 10.9. The van der Waals surface area contributed by atoms with Crippen LogP contribution in [-0.2, 0) is 6.54 Å². The SMILES string of the molecule is CC(C)c1ccc(CNCCS)cc1. The summed E-state index contributed by atoms with van der Waals surface area (Å²) < 4.78 is 0. The van der Waals surface area contributed by atoms with Crippen molar-refractivity contribution in [3.05, 3.63) is 35.4 Å². The van der Waals surface area contributed by atoms with Gasteiger partial charge in [-0.3, -0.25) is 0 Å². The molecule has 0 spiro atoms. The summed E-state index contributed by atoms with van der Waals surface area (Å²) in [6, 6.07) is 8.81. The molecule has 0 radical (unpaired) electrons. The summed E-state index contributed by atoms with van der Waals surface area (Å²) in [4.78, 5) is 0. The van der Waals surface area contributed by atoms with Gasteiger partial charge >= 0.3 is 0 Å². The van der Waals surface area contributed by atoms with Crippen molar-refractivity contribution in [2.24, 2.45) is 0 Å². The van der Waals surface area contributed by atoms with Gasteiger partial charge in [-0.15, -0.1) is 0 Å². The zero-order valence-electron chi connectivity index (χ0n) is 8.96. The lowest BCUT2D eigenvalue weighted by Gasteiger charge is -2.07. The molecule has 0 unspecified atom stereocenters. The average molecular weight is 209 g/mol. The van der Waals surface area contributed by atoms with Gasteiger partial charge in [-0.1, -0.05) is 38.1 Å². The molecule has 0 saturated carbocycles. The molecule has 1 aromatic carbocycles. The largest absolute Gasteiger partial charge is 0.312 e. The Balaban J connectivity index is 2.47. The lowest BCUT2D eigenvalue weighted by Crippen LogP contribution is -2.15. The Hall–Kier alpha value is -0.470. The molecular weight excluding hydrogens is 190 g/mol. The van der Waals surface area contributed by atoms with Gasteiger partial charge in [0.2, 0.25) is 0 Å². The van der Waals surface area contributed by atoms with E-state index in [-0.39, 0.29) is 0 Å². The fraction of sp³-hybridized carbons (Fsp3) is 0.500. The molecule has 1 rings (SSSR count). The molecule has 0 aliphatic rings. The molecule has 1 nitrogen and oxygen atoms in total. The van der Waals surface area contributed by atoms with Crippen molar-refractivity contribution in [3.63, 3.8) is 0 Å². The Bertz CT molecular complexity index is 254. The van der Waals surface area contributed by atoms with Gasteiger partial charge in [-0.25, -0.2) is 0 Å². The molecule has 2 heteroatoms. The predicted molar refractivity (Wildman–Crippen MR) is 66.1 cm³/mol. The first-order valence-electron chi connectivity index (χ1n) is 5.14. The Morgan fingerprint density at radius 1 is 1.21 bits per heavy atom. The summed E-state index contributed by atoms with van der Waals surface area (Å²) in [7, 11) is 0. The van der Waals surface area contributed by atoms with Crippen molar-refractivity contribution in [2.45, 2.75) is 26.3 Å². The molecule has 0 atom stereocenters. The highest BCUT2D eigenvalue weighted by Crippen LogP contribution is 2.14. The highest BCUT2D eigenvalue weighted by molar-refractivity contribution is 7.80. The Morgan fingerprint density at radius 2 is 1.86 bits per heavy atom. The van der Waals surface area contributed by atoms with Crippen LogP contribution in [0.4, 0.5) is 0 Å². The van der Waals surface area contributed by atoms with Crippen LogP contribution in [0.1, 0.15) is 30.9 Å². The minimum atomic E-state index is 0.620. The van der Waals surface area contributed by atoms with Gasteiger partial charge in [-0.2, -0.15) is 12.6 Å². The van der Waals surface area contributed by atoms with E-state index in [1.54, 1.807) is 0 Å². The third kappa shape index (κ3) is 3.72. The first kappa shape index (κ1) is 11.6. The van der Waals surface area contributed by atoms with Crippen molar-refractivity contribution >= 4 is 12.6 Å². The molecule has 1 N–H and O–H groups in total. The third-order valence-electron chi connectivity index (χ3n) is 2.26. The fourth-order valence-corrected chi connectivity index (χ4v) is 1.49. The van der Waals surface area contributed by atoms with Gasteiger partial charge < -0.3 is 5.32 Å². The average Bonchev–Trinajstić information content (AvgIpc) is 2.19. The minimum Gasteiger partial charge on any atom is -0.312 e. The van der Waals surface area contributed by atoms with E-state index in [1.807, 2.05) is 0 Å². The second kappa shape index (κ2) is 6.10. The lowest BCUT2D eigenvalue weighted by molar-refractivity contribution is 0.732. The molecule has 0 fully saturated rings. The molecule has 0 heterocycles. The lowest BCUT2D eigenvalue weighted by atomic mass is 10.0. The number of benzene rings is 1. The summed E-state index contributed by atoms with van der Waals surface area (Å²) in [5, 5.41) is 3.32. The van der Waals surface area contributed by atoms with Gasteiger partial charge in [0, 0.05) is 18.8 Å². The van der Waals surface area contributed by atoms with E-state index in [0.717, 1.165) is 18.8 Å². The van der Waals surface area contributed by atoms with E-state index in [4.69, 9.17) is 0 Å². The molecule has 0 saturated heterocycles. The highest BCUT2D eigenvalue weighted by atomic mass is 32.1. The van der Waals surface area contributed by atoms with Gasteiger partial charge in [0.15, 0.2) is 0 Å². The van der Waals surface area contributed by atoms with Crippen LogP contribution in [0.15, 0.2) is 24.3 Å². The van der Waals surface area contributed by atoms with Crippen LogP contribution >= 0.6 is 12.6 Å². The smallest absolute Gasteiger partial charge is 0.0205 e. The minimum absolute atomic E-state index is 0.620. The van der Waals surface area contributed by atoms with E-state index >= 15 is 0 Å². The van der Waals surface area contributed by atoms with Crippen molar-refractivity contribution in [3.8, 4) is 0 Å². The van der Waals surface area contributed by atoms with E-state index < -0.39 is 0 Å². The Morgan fingerprint density at radius 3 is 2.36 bits per heavy atom. The molecule has 14 heavy (non-hydrogen) atoms. The van der Waals surface area contributed by atoms with E-state index in [2.05, 4.69) is 56.1 Å². The van der Waals surface area contributed by atoms with Crippen molar-refractivity contribution in [1.82, 2.24) is 5.32 Å². The standard InChI is InChI=1S/C12H19NS/c1-10(2)12-5-3-11(4-6-12)9-13-7-8-14/h3-6,10,13-14H,7-9H2,1-2H3. The van der Waals surface area contributed by atoms with Gasteiger partial charge in [0.25, 0.3) is 0 Å². The molecule has 0 aromatic heterocycles. The van der Waals surface area contributed by atoms with E-state index in [0.29, 0.717) is 5.92 Å². The second-order valence-electron chi connectivity index (χ2n) is 3.80. The number of nitrogens with one attached hydrogen (secondary N) is 1. The fourth-order valence-electron chi connectivity index (χ4n) is 1.33. The van der Waals surface area contributed by atoms with Crippen LogP contribution in [-0.4, -0.2) is 12.3 Å². The number of rotatable bonds is 5. The zero-order chi connectivity index (χ0) is 10.4. The van der Waals surface area contributed by atoms with Crippen LogP contribution in [0, 0.1) is 0 Å². The molecular formula is C12H19NS. The summed E-state index contributed by atoms with van der Waals surface area (Å²) in [5.74, 6) is 1.51. The molecule has 78 valence electrons. The summed E-state index contributed by atoms with van der Waals surface area (Å²) >= 11 is 4.15. The van der Waals surface area contributed by atoms with Crippen LogP contribution in [0.25, 0.3) is 0 Å². The van der Waals surface area contributed by atoms with Crippen LogP contribution in [0.5, 0.6) is 0 Å². The van der Waals surface area contributed by atoms with Crippen molar-refractivity contribution in [2.75, 3.05) is 12.3 Å². The Kier molecular flexibility index (Phi) is 5.05. The number of hydrogen-bond acceptors (Lipinski definition) is 2. The van der Waals surface area contributed by atoms with Crippen molar-refractivity contribution in [1.29, 1.82) is 0 Å². The summed E-state index contributed by atoms with van der Waals surface area (Å²) in [6.45, 7) is 6.34. The maximum atomic E-state index is 4.15. The molecule has 0 bridgehead atoms. The molecule has 0 aliphatic heterocycles. The van der Waals surface area contributed by atoms with Crippen LogP contribution in [0.3, 0.4) is 0 Å². The van der Waals surface area contributed by atoms with Crippen LogP contribution < -0.4 is 5.32 Å². The maximum absolute atomic E-state index is 4.15. The summed E-state index contributed by atoms with van der Waals surface area (Å²) in [6.07, 6.45) is 0. The molecule has 1 aromatic rings. The van der Waals surface area contributed by atoms with Crippen LogP contribution in [0.2, 0.25) is 0 Å². The van der Waals surface area contributed by atoms with Gasteiger partial charge in [0.1, 0.15) is 0 Å². The zero-order valence-corrected chi connectivity index (χ0v) is 9.85. The first-order chi connectivity index (χ1) is 6.74. The number of hydrogen-bond donors (Lipinski definition) is 2. The quantitative estimate of drug-likeness (QED) is 0.561. The second-order valence-corrected chi connectivity index (χ2v) is 4.24. The van der Waals surface area contributed by atoms with E-state index in [9.17, 15) is 0 Å². The predicted octanol–water partition coefficient (Wildman–Crippen LogP) is 2.83. The molecule has 0 aliphatic carbocycles. The maximum Gasteiger partial charge on any atom is 0.0205 e. The monoisotopic (exact) mass is 209 g/mol. The van der Waals surface area contributed by atoms with Gasteiger partial charge in [-0.05, 0) is 17.0 Å².